The first-order chi connectivity index (χ1) is 18.4. The SMILES string of the molecule is CCOc1cc(CC(C(=O)c2ccc(OC)cc2)=C(C(=O)O)c2ccc3c(c2)OCO3)cc(OC)c1OC. The Kier molecular flexibility index (Phi) is 8.06. The van der Waals surface area contributed by atoms with E-state index < -0.39 is 11.8 Å². The van der Waals surface area contributed by atoms with Gasteiger partial charge in [-0.05, 0) is 66.6 Å². The molecule has 0 bridgehead atoms. The van der Waals surface area contributed by atoms with Crippen LogP contribution in [0.25, 0.3) is 5.57 Å². The highest BCUT2D eigenvalue weighted by molar-refractivity contribution is 6.26. The third-order valence-corrected chi connectivity index (χ3v) is 5.99. The van der Waals surface area contributed by atoms with Crippen LogP contribution in [0.1, 0.15) is 28.4 Å². The number of Topliss-reactive ketones (excluding diaryl/α,β-unsaturated/α-hetero) is 1. The zero-order chi connectivity index (χ0) is 27.2. The first-order valence-corrected chi connectivity index (χ1v) is 11.8. The fraction of sp³-hybridized carbons (Fsp3) is 0.241. The lowest BCUT2D eigenvalue weighted by Crippen LogP contribution is -2.14. The summed E-state index contributed by atoms with van der Waals surface area (Å²) < 4.78 is 32.7. The maximum absolute atomic E-state index is 13.9. The summed E-state index contributed by atoms with van der Waals surface area (Å²) in [5, 5.41) is 10.4. The molecule has 0 amide bonds. The summed E-state index contributed by atoms with van der Waals surface area (Å²) in [7, 11) is 4.52. The molecule has 9 heteroatoms. The molecule has 3 aromatic carbocycles. The minimum atomic E-state index is -1.26. The van der Waals surface area contributed by atoms with Crippen molar-refractivity contribution in [2.24, 2.45) is 0 Å². The number of hydrogen-bond donors (Lipinski definition) is 1. The van der Waals surface area contributed by atoms with Crippen molar-refractivity contribution in [3.05, 3.63) is 76.9 Å². The number of ketones is 1. The van der Waals surface area contributed by atoms with Crippen molar-refractivity contribution >= 4 is 17.3 Å². The van der Waals surface area contributed by atoms with Gasteiger partial charge in [-0.1, -0.05) is 6.07 Å². The minimum Gasteiger partial charge on any atom is -0.497 e. The van der Waals surface area contributed by atoms with E-state index in [1.165, 1.54) is 21.3 Å². The topological polar surface area (TPSA) is 110 Å². The van der Waals surface area contributed by atoms with Crippen LogP contribution in [0.4, 0.5) is 0 Å². The Morgan fingerprint density at radius 3 is 2.16 bits per heavy atom. The van der Waals surface area contributed by atoms with Gasteiger partial charge in [0.05, 0.1) is 33.5 Å². The zero-order valence-corrected chi connectivity index (χ0v) is 21.5. The Labute approximate surface area is 220 Å². The van der Waals surface area contributed by atoms with Gasteiger partial charge in [-0.3, -0.25) is 4.79 Å². The average molecular weight is 521 g/mol. The van der Waals surface area contributed by atoms with Crippen LogP contribution in [0.3, 0.4) is 0 Å². The van der Waals surface area contributed by atoms with Crippen molar-refractivity contribution in [2.45, 2.75) is 13.3 Å². The second kappa shape index (κ2) is 11.6. The lowest BCUT2D eigenvalue weighted by Gasteiger charge is -2.17. The van der Waals surface area contributed by atoms with E-state index in [-0.39, 0.29) is 24.4 Å². The summed E-state index contributed by atoms with van der Waals surface area (Å²) in [6.07, 6.45) is -0.0264. The summed E-state index contributed by atoms with van der Waals surface area (Å²) in [5.74, 6) is 0.985. The number of carbonyl (C=O) groups is 2. The molecule has 9 nitrogen and oxygen atoms in total. The van der Waals surface area contributed by atoms with Gasteiger partial charge in [0.1, 0.15) is 5.75 Å². The van der Waals surface area contributed by atoms with E-state index in [4.69, 9.17) is 28.4 Å². The van der Waals surface area contributed by atoms with Gasteiger partial charge in [0.25, 0.3) is 0 Å². The van der Waals surface area contributed by atoms with Gasteiger partial charge in [0.15, 0.2) is 28.8 Å². The lowest BCUT2D eigenvalue weighted by molar-refractivity contribution is -0.130. The highest BCUT2D eigenvalue weighted by Crippen LogP contribution is 2.40. The molecule has 3 aromatic rings. The summed E-state index contributed by atoms with van der Waals surface area (Å²) in [4.78, 5) is 26.6. The number of methoxy groups -OCH3 is 3. The van der Waals surface area contributed by atoms with Gasteiger partial charge in [-0.25, -0.2) is 4.79 Å². The van der Waals surface area contributed by atoms with Gasteiger partial charge in [-0.2, -0.15) is 0 Å². The van der Waals surface area contributed by atoms with Crippen molar-refractivity contribution in [1.82, 2.24) is 0 Å². The summed E-state index contributed by atoms with van der Waals surface area (Å²) in [6.45, 7) is 2.24. The van der Waals surface area contributed by atoms with E-state index in [9.17, 15) is 14.7 Å². The highest BCUT2D eigenvalue weighted by Gasteiger charge is 2.27. The molecule has 0 unspecified atom stereocenters. The molecule has 0 aliphatic carbocycles. The Bertz CT molecular complexity index is 1370. The Balaban J connectivity index is 1.90. The maximum Gasteiger partial charge on any atom is 0.336 e. The van der Waals surface area contributed by atoms with Crippen LogP contribution in [0.2, 0.25) is 0 Å². The molecule has 0 fully saturated rings. The summed E-state index contributed by atoms with van der Waals surface area (Å²) in [5.41, 5.74) is 1.13. The second-order valence-electron chi connectivity index (χ2n) is 8.22. The first-order valence-electron chi connectivity index (χ1n) is 11.8. The van der Waals surface area contributed by atoms with Crippen LogP contribution in [0.15, 0.2) is 60.2 Å². The van der Waals surface area contributed by atoms with Gasteiger partial charge in [-0.15, -0.1) is 0 Å². The van der Waals surface area contributed by atoms with Gasteiger partial charge < -0.3 is 33.5 Å². The molecule has 1 heterocycles. The van der Waals surface area contributed by atoms with Crippen LogP contribution in [-0.2, 0) is 11.2 Å². The number of carboxylic acids is 1. The third-order valence-electron chi connectivity index (χ3n) is 5.99. The predicted molar refractivity (Wildman–Crippen MR) is 139 cm³/mol. The fourth-order valence-electron chi connectivity index (χ4n) is 4.23. The quantitative estimate of drug-likeness (QED) is 0.281. The molecule has 1 aliphatic rings. The lowest BCUT2D eigenvalue weighted by atomic mass is 9.89. The van der Waals surface area contributed by atoms with Crippen LogP contribution >= 0.6 is 0 Å². The fourth-order valence-corrected chi connectivity index (χ4v) is 4.23. The second-order valence-corrected chi connectivity index (χ2v) is 8.22. The minimum absolute atomic E-state index is 0.0264. The molecule has 4 rings (SSSR count). The standard InChI is InChI=1S/C29H28O9/c1-5-36-25-14-17(13-24(34-3)28(25)35-4)12-21(27(30)18-6-9-20(33-2)10-7-18)26(29(31)32)19-8-11-22-23(15-19)38-16-37-22/h6-11,13-15H,5,12,16H2,1-4H3,(H,31,32). The van der Waals surface area contributed by atoms with Crippen molar-refractivity contribution in [1.29, 1.82) is 0 Å². The molecule has 0 saturated heterocycles. The molecule has 1 N–H and O–H groups in total. The Morgan fingerprint density at radius 2 is 1.53 bits per heavy atom. The zero-order valence-electron chi connectivity index (χ0n) is 21.5. The largest absolute Gasteiger partial charge is 0.497 e. The van der Waals surface area contributed by atoms with Crippen molar-refractivity contribution in [2.75, 3.05) is 34.7 Å². The van der Waals surface area contributed by atoms with Gasteiger partial charge >= 0.3 is 5.97 Å². The number of fused-ring (bicyclic) bond motifs is 1. The molecule has 0 radical (unpaired) electrons. The summed E-state index contributed by atoms with van der Waals surface area (Å²) >= 11 is 0. The number of hydrogen-bond acceptors (Lipinski definition) is 8. The third kappa shape index (κ3) is 5.36. The van der Waals surface area contributed by atoms with Crippen LogP contribution in [0, 0.1) is 0 Å². The van der Waals surface area contributed by atoms with Crippen LogP contribution in [-0.4, -0.2) is 51.6 Å². The van der Waals surface area contributed by atoms with E-state index >= 15 is 0 Å². The monoisotopic (exact) mass is 520 g/mol. The van der Waals surface area contributed by atoms with E-state index in [0.717, 1.165) is 0 Å². The number of allylic oxidation sites excluding steroid dienone is 1. The van der Waals surface area contributed by atoms with Crippen molar-refractivity contribution in [3.63, 3.8) is 0 Å². The molecule has 198 valence electrons. The molecule has 0 atom stereocenters. The number of ether oxygens (including phenoxy) is 6. The van der Waals surface area contributed by atoms with E-state index in [1.807, 2.05) is 6.92 Å². The van der Waals surface area contributed by atoms with Crippen molar-refractivity contribution in [3.8, 4) is 34.5 Å². The number of carboxylic acid groups (broad SMARTS) is 1. The Morgan fingerprint density at radius 1 is 0.842 bits per heavy atom. The molecule has 0 spiro atoms. The number of benzene rings is 3. The number of rotatable bonds is 11. The Hall–Kier alpha value is -4.66. The maximum atomic E-state index is 13.9. The average Bonchev–Trinajstić information content (AvgIpc) is 3.40. The van der Waals surface area contributed by atoms with Crippen LogP contribution in [0.5, 0.6) is 34.5 Å². The molecule has 38 heavy (non-hydrogen) atoms. The van der Waals surface area contributed by atoms with Crippen molar-refractivity contribution < 1.29 is 43.1 Å². The smallest absolute Gasteiger partial charge is 0.336 e. The molecule has 0 aromatic heterocycles. The number of aliphatic carboxylic acids is 1. The van der Waals surface area contributed by atoms with E-state index in [0.29, 0.717) is 57.8 Å². The predicted octanol–water partition coefficient (Wildman–Crippen LogP) is 4.80. The van der Waals surface area contributed by atoms with Gasteiger partial charge in [0, 0.05) is 17.6 Å². The van der Waals surface area contributed by atoms with E-state index in [2.05, 4.69) is 0 Å². The van der Waals surface area contributed by atoms with Gasteiger partial charge in [0.2, 0.25) is 12.5 Å². The summed E-state index contributed by atoms with van der Waals surface area (Å²) in [6, 6.07) is 14.7. The molecule has 0 saturated carbocycles. The molecular weight excluding hydrogens is 492 g/mol. The first kappa shape index (κ1) is 26.4. The van der Waals surface area contributed by atoms with Crippen LogP contribution < -0.4 is 28.4 Å². The molecule has 1 aliphatic heterocycles. The number of carbonyl (C=O) groups excluding carboxylic acids is 1. The normalized spacial score (nSPS) is 12.4. The molecular formula is C29H28O9. The van der Waals surface area contributed by atoms with E-state index in [1.54, 1.807) is 54.6 Å². The highest BCUT2D eigenvalue weighted by atomic mass is 16.7.